The van der Waals surface area contributed by atoms with Gasteiger partial charge in [0.2, 0.25) is 0 Å². The highest BCUT2D eigenvalue weighted by molar-refractivity contribution is 4.81. The monoisotopic (exact) mass is 202 g/mol. The highest BCUT2D eigenvalue weighted by Gasteiger charge is 2.30. The summed E-state index contributed by atoms with van der Waals surface area (Å²) in [5.74, 6) is 0.591. The predicted octanol–water partition coefficient (Wildman–Crippen LogP) is 1.59. The summed E-state index contributed by atoms with van der Waals surface area (Å²) in [5, 5.41) is 9.96. The van der Waals surface area contributed by atoms with Crippen LogP contribution in [0.5, 0.6) is 0 Å². The number of hydrogen-bond acceptors (Lipinski definition) is 3. The number of methoxy groups -OCH3 is 1. The van der Waals surface area contributed by atoms with Crippen molar-refractivity contribution in [2.75, 3.05) is 20.3 Å². The van der Waals surface area contributed by atoms with Gasteiger partial charge >= 0.3 is 0 Å². The van der Waals surface area contributed by atoms with Crippen molar-refractivity contribution in [1.29, 1.82) is 0 Å². The molecule has 1 atom stereocenters. The van der Waals surface area contributed by atoms with Gasteiger partial charge < -0.3 is 14.6 Å². The second kappa shape index (κ2) is 5.10. The Morgan fingerprint density at radius 1 is 1.43 bits per heavy atom. The second-order valence-corrected chi connectivity index (χ2v) is 4.61. The molecule has 84 valence electrons. The lowest BCUT2D eigenvalue weighted by atomic mass is 9.87. The van der Waals surface area contributed by atoms with Crippen LogP contribution in [0.4, 0.5) is 0 Å². The third-order valence-electron chi connectivity index (χ3n) is 3.23. The van der Waals surface area contributed by atoms with Gasteiger partial charge in [-0.1, -0.05) is 0 Å². The maximum atomic E-state index is 9.96. The Kier molecular flexibility index (Phi) is 4.35. The molecule has 0 aromatic heterocycles. The van der Waals surface area contributed by atoms with E-state index in [9.17, 15) is 5.11 Å². The van der Waals surface area contributed by atoms with Crippen molar-refractivity contribution < 1.29 is 14.6 Å². The molecule has 1 aliphatic heterocycles. The number of aliphatic hydroxyl groups excluding tert-OH is 1. The fourth-order valence-electron chi connectivity index (χ4n) is 1.72. The third-order valence-corrected chi connectivity index (χ3v) is 3.23. The van der Waals surface area contributed by atoms with E-state index in [0.29, 0.717) is 5.92 Å². The van der Waals surface area contributed by atoms with Crippen LogP contribution in [-0.2, 0) is 9.47 Å². The van der Waals surface area contributed by atoms with Gasteiger partial charge in [0, 0.05) is 20.3 Å². The molecule has 1 rings (SSSR count). The molecule has 0 aliphatic carbocycles. The molecule has 0 aromatic carbocycles. The van der Waals surface area contributed by atoms with Gasteiger partial charge in [0.15, 0.2) is 0 Å². The predicted molar refractivity (Wildman–Crippen MR) is 55.3 cm³/mol. The maximum Gasteiger partial charge on any atom is 0.0880 e. The summed E-state index contributed by atoms with van der Waals surface area (Å²) in [6.45, 7) is 5.53. The fraction of sp³-hybridized carbons (Fsp3) is 1.00. The van der Waals surface area contributed by atoms with Crippen molar-refractivity contribution >= 4 is 0 Å². The van der Waals surface area contributed by atoms with Gasteiger partial charge in [-0.05, 0) is 39.0 Å². The minimum Gasteiger partial charge on any atom is -0.390 e. The molecule has 1 heterocycles. The van der Waals surface area contributed by atoms with Gasteiger partial charge in [-0.2, -0.15) is 0 Å². The van der Waals surface area contributed by atoms with Crippen LogP contribution in [0.1, 0.15) is 33.1 Å². The van der Waals surface area contributed by atoms with Crippen molar-refractivity contribution in [3.05, 3.63) is 0 Å². The zero-order valence-electron chi connectivity index (χ0n) is 9.45. The van der Waals surface area contributed by atoms with Crippen LogP contribution in [-0.4, -0.2) is 37.1 Å². The van der Waals surface area contributed by atoms with E-state index in [1.54, 1.807) is 7.11 Å². The molecule has 0 aromatic rings. The largest absolute Gasteiger partial charge is 0.390 e. The maximum absolute atomic E-state index is 9.96. The molecule has 1 saturated heterocycles. The Hall–Kier alpha value is -0.120. The number of ether oxygens (including phenoxy) is 2. The fourth-order valence-corrected chi connectivity index (χ4v) is 1.72. The highest BCUT2D eigenvalue weighted by atomic mass is 16.5. The molecule has 0 saturated carbocycles. The quantitative estimate of drug-likeness (QED) is 0.752. The molecule has 0 bridgehead atoms. The molecule has 1 unspecified atom stereocenters. The van der Waals surface area contributed by atoms with Crippen molar-refractivity contribution in [2.24, 2.45) is 5.92 Å². The Morgan fingerprint density at radius 2 is 2.00 bits per heavy atom. The van der Waals surface area contributed by atoms with Gasteiger partial charge in [-0.15, -0.1) is 0 Å². The zero-order valence-corrected chi connectivity index (χ0v) is 9.45. The summed E-state index contributed by atoms with van der Waals surface area (Å²) in [6, 6.07) is 0. The Balaban J connectivity index is 2.34. The first kappa shape index (κ1) is 12.0. The topological polar surface area (TPSA) is 38.7 Å². The van der Waals surface area contributed by atoms with Gasteiger partial charge in [0.05, 0.1) is 11.7 Å². The van der Waals surface area contributed by atoms with Gasteiger partial charge in [-0.25, -0.2) is 0 Å². The summed E-state index contributed by atoms with van der Waals surface area (Å²) in [4.78, 5) is 0. The molecule has 1 fully saturated rings. The summed E-state index contributed by atoms with van der Waals surface area (Å²) < 4.78 is 10.5. The van der Waals surface area contributed by atoms with Crippen LogP contribution in [0.25, 0.3) is 0 Å². The van der Waals surface area contributed by atoms with Crippen LogP contribution in [0.3, 0.4) is 0 Å². The van der Waals surface area contributed by atoms with Crippen LogP contribution >= 0.6 is 0 Å². The van der Waals surface area contributed by atoms with E-state index in [1.807, 2.05) is 13.8 Å². The van der Waals surface area contributed by atoms with Gasteiger partial charge in [0.1, 0.15) is 0 Å². The lowest BCUT2D eigenvalue weighted by molar-refractivity contribution is -0.0904. The van der Waals surface area contributed by atoms with E-state index in [0.717, 1.165) is 32.5 Å². The van der Waals surface area contributed by atoms with Crippen molar-refractivity contribution in [2.45, 2.75) is 44.8 Å². The smallest absolute Gasteiger partial charge is 0.0880 e. The minimum absolute atomic E-state index is 0.379. The molecular formula is C11H22O3. The zero-order chi connectivity index (χ0) is 10.6. The van der Waals surface area contributed by atoms with E-state index < -0.39 is 5.60 Å². The summed E-state index contributed by atoms with van der Waals surface area (Å²) >= 11 is 0. The van der Waals surface area contributed by atoms with E-state index in [4.69, 9.17) is 9.47 Å². The van der Waals surface area contributed by atoms with E-state index in [1.165, 1.54) is 0 Å². The van der Waals surface area contributed by atoms with E-state index in [-0.39, 0.29) is 6.10 Å². The SMILES string of the molecule is COC(C)(C)C(O)CC1CCOCC1. The molecule has 14 heavy (non-hydrogen) atoms. The molecule has 3 heteroatoms. The lowest BCUT2D eigenvalue weighted by Crippen LogP contribution is -2.40. The van der Waals surface area contributed by atoms with Crippen LogP contribution in [0.2, 0.25) is 0 Å². The summed E-state index contributed by atoms with van der Waals surface area (Å²) in [5.41, 5.74) is -0.432. The van der Waals surface area contributed by atoms with Crippen LogP contribution < -0.4 is 0 Å². The van der Waals surface area contributed by atoms with Crippen molar-refractivity contribution in [3.63, 3.8) is 0 Å². The van der Waals surface area contributed by atoms with Gasteiger partial charge in [-0.3, -0.25) is 0 Å². The standard InChI is InChI=1S/C11H22O3/c1-11(2,13-3)10(12)8-9-4-6-14-7-5-9/h9-10,12H,4-8H2,1-3H3. The molecule has 0 amide bonds. The van der Waals surface area contributed by atoms with Gasteiger partial charge in [0.25, 0.3) is 0 Å². The first-order chi connectivity index (χ1) is 6.56. The Labute approximate surface area is 86.4 Å². The van der Waals surface area contributed by atoms with E-state index in [2.05, 4.69) is 0 Å². The Bertz CT molecular complexity index is 162. The first-order valence-electron chi connectivity index (χ1n) is 5.37. The summed E-state index contributed by atoms with van der Waals surface area (Å²) in [6.07, 6.45) is 2.58. The van der Waals surface area contributed by atoms with Crippen molar-refractivity contribution in [1.82, 2.24) is 0 Å². The number of rotatable bonds is 4. The normalized spacial score (nSPS) is 22.3. The lowest BCUT2D eigenvalue weighted by Gasteiger charge is -2.32. The van der Waals surface area contributed by atoms with Crippen LogP contribution in [0.15, 0.2) is 0 Å². The van der Waals surface area contributed by atoms with Crippen LogP contribution in [0, 0.1) is 5.92 Å². The second-order valence-electron chi connectivity index (χ2n) is 4.61. The van der Waals surface area contributed by atoms with Crippen molar-refractivity contribution in [3.8, 4) is 0 Å². The molecular weight excluding hydrogens is 180 g/mol. The average molecular weight is 202 g/mol. The molecule has 0 spiro atoms. The number of hydrogen-bond donors (Lipinski definition) is 1. The number of aliphatic hydroxyl groups is 1. The molecule has 1 aliphatic rings. The summed E-state index contributed by atoms with van der Waals surface area (Å²) in [7, 11) is 1.65. The minimum atomic E-state index is -0.432. The Morgan fingerprint density at radius 3 is 2.50 bits per heavy atom. The molecule has 1 N–H and O–H groups in total. The highest BCUT2D eigenvalue weighted by Crippen LogP contribution is 2.25. The first-order valence-corrected chi connectivity index (χ1v) is 5.37. The average Bonchev–Trinajstić information content (AvgIpc) is 2.19. The van der Waals surface area contributed by atoms with E-state index >= 15 is 0 Å². The molecule has 3 nitrogen and oxygen atoms in total. The molecule has 0 radical (unpaired) electrons. The third kappa shape index (κ3) is 3.23.